The van der Waals surface area contributed by atoms with Crippen LogP contribution in [-0.4, -0.2) is 34.1 Å². The fourth-order valence-electron chi connectivity index (χ4n) is 2.42. The maximum Gasteiger partial charge on any atom is 0.288 e. The highest BCUT2D eigenvalue weighted by molar-refractivity contribution is 5.94. The number of aromatic nitrogens is 3. The first-order valence-electron chi connectivity index (χ1n) is 7.40. The molecule has 2 heterocycles. The van der Waals surface area contributed by atoms with Crippen LogP contribution >= 0.6 is 0 Å². The maximum absolute atomic E-state index is 12.9. The van der Waals surface area contributed by atoms with Gasteiger partial charge in [0.25, 0.3) is 11.5 Å². The number of pyridine rings is 1. The van der Waals surface area contributed by atoms with Crippen molar-refractivity contribution in [3.8, 4) is 23.8 Å². The number of nitrogens with one attached hydrogen (secondary N) is 1. The second-order valence-electron chi connectivity index (χ2n) is 5.01. The largest absolute Gasteiger partial charge is 0.495 e. The molecule has 0 aliphatic carbocycles. The van der Waals surface area contributed by atoms with Gasteiger partial charge >= 0.3 is 0 Å². The molecule has 1 amide bonds. The number of nitrogens with zero attached hydrogens (tertiary/aromatic N) is 3. The Bertz CT molecular complexity index is 1050. The number of hydrogen-bond donors (Lipinski definition) is 1. The second kappa shape index (κ2) is 6.84. The zero-order chi connectivity index (χ0) is 17.8. The molecule has 7 heteroatoms. The summed E-state index contributed by atoms with van der Waals surface area (Å²) in [6.45, 7) is -0.000309. The van der Waals surface area contributed by atoms with Crippen LogP contribution in [0.4, 0.5) is 0 Å². The predicted molar refractivity (Wildman–Crippen MR) is 92.9 cm³/mol. The summed E-state index contributed by atoms with van der Waals surface area (Å²) in [5.41, 5.74) is 0.323. The Morgan fingerprint density at radius 3 is 2.88 bits per heavy atom. The number of benzene rings is 1. The Kier molecular flexibility index (Phi) is 4.44. The smallest absolute Gasteiger partial charge is 0.288 e. The third-order valence-electron chi connectivity index (χ3n) is 3.51. The standard InChI is InChI=1S/C18H14N4O3/c1-3-10-20-17(23)15-18(24)22(13-8-4-5-9-14(13)25-2)16-12(21-15)7-6-11-19-16/h1,4-9,11H,10H2,2H3,(H,20,23). The number of rotatable bonds is 4. The fraction of sp³-hybridized carbons (Fsp3) is 0.111. The van der Waals surface area contributed by atoms with Gasteiger partial charge in [-0.3, -0.25) is 14.2 Å². The predicted octanol–water partition coefficient (Wildman–Crippen LogP) is 1.15. The second-order valence-corrected chi connectivity index (χ2v) is 5.01. The average molecular weight is 334 g/mol. The number of amides is 1. The number of methoxy groups -OCH3 is 1. The van der Waals surface area contributed by atoms with Crippen molar-refractivity contribution in [2.24, 2.45) is 0 Å². The van der Waals surface area contributed by atoms with E-state index >= 15 is 0 Å². The first kappa shape index (κ1) is 16.2. The Balaban J connectivity index is 2.34. The summed E-state index contributed by atoms with van der Waals surface area (Å²) in [7, 11) is 1.50. The minimum Gasteiger partial charge on any atom is -0.495 e. The number of hydrogen-bond acceptors (Lipinski definition) is 5. The zero-order valence-corrected chi connectivity index (χ0v) is 13.4. The molecule has 124 valence electrons. The van der Waals surface area contributed by atoms with Gasteiger partial charge in [-0.15, -0.1) is 6.42 Å². The normalized spacial score (nSPS) is 10.2. The van der Waals surface area contributed by atoms with E-state index in [0.717, 1.165) is 0 Å². The van der Waals surface area contributed by atoms with E-state index in [-0.39, 0.29) is 12.2 Å². The quantitative estimate of drug-likeness (QED) is 0.724. The molecule has 25 heavy (non-hydrogen) atoms. The Morgan fingerprint density at radius 1 is 1.32 bits per heavy atom. The maximum atomic E-state index is 12.9. The number of ether oxygens (including phenoxy) is 1. The van der Waals surface area contributed by atoms with Crippen molar-refractivity contribution in [1.29, 1.82) is 0 Å². The van der Waals surface area contributed by atoms with Crippen molar-refractivity contribution < 1.29 is 9.53 Å². The molecule has 7 nitrogen and oxygen atoms in total. The van der Waals surface area contributed by atoms with Crippen LogP contribution in [-0.2, 0) is 0 Å². The molecular weight excluding hydrogens is 320 g/mol. The highest BCUT2D eigenvalue weighted by atomic mass is 16.5. The third-order valence-corrected chi connectivity index (χ3v) is 3.51. The molecule has 0 spiro atoms. The zero-order valence-electron chi connectivity index (χ0n) is 13.4. The monoisotopic (exact) mass is 334 g/mol. The van der Waals surface area contributed by atoms with Gasteiger partial charge in [0.05, 0.1) is 19.3 Å². The van der Waals surface area contributed by atoms with Gasteiger partial charge in [-0.2, -0.15) is 0 Å². The first-order chi connectivity index (χ1) is 12.2. The van der Waals surface area contributed by atoms with Crippen molar-refractivity contribution in [2.45, 2.75) is 0 Å². The van der Waals surface area contributed by atoms with Gasteiger partial charge in [0.15, 0.2) is 11.3 Å². The van der Waals surface area contributed by atoms with Crippen molar-refractivity contribution in [1.82, 2.24) is 19.9 Å². The lowest BCUT2D eigenvalue weighted by atomic mass is 10.2. The minimum absolute atomic E-state index is 0.000309. The van der Waals surface area contributed by atoms with E-state index in [9.17, 15) is 9.59 Å². The summed E-state index contributed by atoms with van der Waals surface area (Å²) in [5.74, 6) is 2.12. The van der Waals surface area contributed by atoms with Gasteiger partial charge in [0, 0.05) is 6.20 Å². The molecule has 3 aromatic rings. The van der Waals surface area contributed by atoms with E-state index in [0.29, 0.717) is 22.6 Å². The molecule has 3 rings (SSSR count). The third kappa shape index (κ3) is 2.93. The molecule has 0 saturated carbocycles. The van der Waals surface area contributed by atoms with E-state index in [1.807, 2.05) is 0 Å². The molecule has 0 radical (unpaired) electrons. The van der Waals surface area contributed by atoms with Crippen LogP contribution in [0.5, 0.6) is 5.75 Å². The van der Waals surface area contributed by atoms with E-state index in [1.54, 1.807) is 42.6 Å². The van der Waals surface area contributed by atoms with Gasteiger partial charge in [-0.25, -0.2) is 9.97 Å². The van der Waals surface area contributed by atoms with Crippen LogP contribution < -0.4 is 15.6 Å². The topological polar surface area (TPSA) is 86.1 Å². The number of terminal acetylenes is 1. The lowest BCUT2D eigenvalue weighted by Crippen LogP contribution is -2.34. The van der Waals surface area contributed by atoms with E-state index in [2.05, 4.69) is 21.2 Å². The highest BCUT2D eigenvalue weighted by Gasteiger charge is 2.20. The van der Waals surface area contributed by atoms with Crippen molar-refractivity contribution in [3.05, 3.63) is 58.6 Å². The Labute approximate surface area is 143 Å². The van der Waals surface area contributed by atoms with Gasteiger partial charge in [0.1, 0.15) is 11.3 Å². The van der Waals surface area contributed by atoms with Crippen molar-refractivity contribution in [2.75, 3.05) is 13.7 Å². The summed E-state index contributed by atoms with van der Waals surface area (Å²) in [4.78, 5) is 33.6. The number of carbonyl (C=O) groups is 1. The summed E-state index contributed by atoms with van der Waals surface area (Å²) in [6, 6.07) is 10.3. The van der Waals surface area contributed by atoms with Crippen LogP contribution in [0.1, 0.15) is 10.5 Å². The highest BCUT2D eigenvalue weighted by Crippen LogP contribution is 2.23. The lowest BCUT2D eigenvalue weighted by molar-refractivity contribution is 0.0952. The molecule has 0 saturated heterocycles. The van der Waals surface area contributed by atoms with Crippen LogP contribution in [0.15, 0.2) is 47.4 Å². The molecule has 1 N–H and O–H groups in total. The number of fused-ring (bicyclic) bond motifs is 1. The Morgan fingerprint density at radius 2 is 2.12 bits per heavy atom. The van der Waals surface area contributed by atoms with Gasteiger partial charge in [-0.05, 0) is 24.3 Å². The van der Waals surface area contributed by atoms with Gasteiger partial charge < -0.3 is 10.1 Å². The summed E-state index contributed by atoms with van der Waals surface area (Å²) in [5, 5.41) is 2.46. The number of carbonyl (C=O) groups excluding carboxylic acids is 1. The molecule has 0 unspecified atom stereocenters. The SMILES string of the molecule is C#CCNC(=O)c1nc2cccnc2n(-c2ccccc2OC)c1=O. The fourth-order valence-corrected chi connectivity index (χ4v) is 2.42. The minimum atomic E-state index is -0.641. The molecule has 0 atom stereocenters. The summed E-state index contributed by atoms with van der Waals surface area (Å²) in [6.07, 6.45) is 6.70. The first-order valence-corrected chi connectivity index (χ1v) is 7.40. The summed E-state index contributed by atoms with van der Waals surface area (Å²) < 4.78 is 6.65. The van der Waals surface area contributed by atoms with Crippen LogP contribution in [0, 0.1) is 12.3 Å². The van der Waals surface area contributed by atoms with E-state index in [4.69, 9.17) is 11.2 Å². The molecular formula is C18H14N4O3. The van der Waals surface area contributed by atoms with E-state index < -0.39 is 11.5 Å². The van der Waals surface area contributed by atoms with Crippen molar-refractivity contribution >= 4 is 17.1 Å². The van der Waals surface area contributed by atoms with Crippen LogP contribution in [0.3, 0.4) is 0 Å². The van der Waals surface area contributed by atoms with Crippen LogP contribution in [0.25, 0.3) is 16.9 Å². The Hall–Kier alpha value is -3.66. The van der Waals surface area contributed by atoms with Crippen molar-refractivity contribution in [3.63, 3.8) is 0 Å². The molecule has 0 fully saturated rings. The van der Waals surface area contributed by atoms with Gasteiger partial charge in [0.2, 0.25) is 0 Å². The summed E-state index contributed by atoms with van der Waals surface area (Å²) >= 11 is 0. The molecule has 0 bridgehead atoms. The van der Waals surface area contributed by atoms with Crippen LogP contribution in [0.2, 0.25) is 0 Å². The molecule has 0 aliphatic heterocycles. The molecule has 2 aromatic heterocycles. The molecule has 0 aliphatic rings. The molecule has 1 aromatic carbocycles. The average Bonchev–Trinajstić information content (AvgIpc) is 2.65. The van der Waals surface area contributed by atoms with Gasteiger partial charge in [-0.1, -0.05) is 18.1 Å². The number of para-hydroxylation sites is 2. The lowest BCUT2D eigenvalue weighted by Gasteiger charge is -2.14. The van der Waals surface area contributed by atoms with E-state index in [1.165, 1.54) is 11.7 Å².